The maximum atomic E-state index is 13.5. The lowest BCUT2D eigenvalue weighted by Gasteiger charge is -2.14. The molecule has 4 heteroatoms. The second kappa shape index (κ2) is 5.83. The summed E-state index contributed by atoms with van der Waals surface area (Å²) in [6, 6.07) is 5.61. The van der Waals surface area contributed by atoms with E-state index in [0.29, 0.717) is 23.0 Å². The Morgan fingerprint density at radius 3 is 2.75 bits per heavy atom. The van der Waals surface area contributed by atoms with Gasteiger partial charge in [0, 0.05) is 10.6 Å². The van der Waals surface area contributed by atoms with Gasteiger partial charge in [-0.2, -0.15) is 5.26 Å². The highest BCUT2D eigenvalue weighted by Gasteiger charge is 2.15. The molecule has 0 aliphatic carbocycles. The number of benzene rings is 1. The molecule has 0 heterocycles. The van der Waals surface area contributed by atoms with Crippen LogP contribution < -0.4 is 5.32 Å². The average molecular weight is 241 g/mol. The third-order valence-electron chi connectivity index (χ3n) is 2.13. The molecule has 1 aromatic carbocycles. The van der Waals surface area contributed by atoms with Gasteiger partial charge in [-0.3, -0.25) is 5.32 Å². The molecule has 1 unspecified atom stereocenters. The quantitative estimate of drug-likeness (QED) is 0.877. The molecule has 0 saturated carbocycles. The van der Waals surface area contributed by atoms with Crippen molar-refractivity contribution in [1.82, 2.24) is 5.32 Å². The SMILES string of the molecule is CC(C)CNC(C#N)c1cc(Cl)ccc1F. The van der Waals surface area contributed by atoms with Crippen LogP contribution in [0.25, 0.3) is 0 Å². The van der Waals surface area contributed by atoms with Gasteiger partial charge in [-0.05, 0) is 30.7 Å². The average Bonchev–Trinajstić information content (AvgIpc) is 2.23. The fourth-order valence-electron chi connectivity index (χ4n) is 1.31. The zero-order chi connectivity index (χ0) is 12.1. The number of rotatable bonds is 4. The second-order valence-electron chi connectivity index (χ2n) is 4.03. The van der Waals surface area contributed by atoms with Crippen molar-refractivity contribution in [2.75, 3.05) is 6.54 Å². The van der Waals surface area contributed by atoms with Crippen molar-refractivity contribution < 1.29 is 4.39 Å². The molecule has 16 heavy (non-hydrogen) atoms. The lowest BCUT2D eigenvalue weighted by atomic mass is 10.1. The van der Waals surface area contributed by atoms with Gasteiger partial charge < -0.3 is 0 Å². The number of nitriles is 1. The second-order valence-corrected chi connectivity index (χ2v) is 4.47. The molecular formula is C12H14ClFN2. The number of hydrogen-bond donors (Lipinski definition) is 1. The highest BCUT2D eigenvalue weighted by Crippen LogP contribution is 2.21. The summed E-state index contributed by atoms with van der Waals surface area (Å²) in [5.74, 6) is -0.00898. The van der Waals surface area contributed by atoms with Crippen LogP contribution in [0.5, 0.6) is 0 Å². The summed E-state index contributed by atoms with van der Waals surface area (Å²) in [6.07, 6.45) is 0. The van der Waals surface area contributed by atoms with Gasteiger partial charge in [0.1, 0.15) is 11.9 Å². The highest BCUT2D eigenvalue weighted by molar-refractivity contribution is 6.30. The van der Waals surface area contributed by atoms with Gasteiger partial charge in [0.15, 0.2) is 0 Å². The van der Waals surface area contributed by atoms with E-state index in [1.165, 1.54) is 18.2 Å². The predicted octanol–water partition coefficient (Wildman–Crippen LogP) is 3.29. The first-order chi connectivity index (χ1) is 7.54. The monoisotopic (exact) mass is 240 g/mol. The van der Waals surface area contributed by atoms with E-state index < -0.39 is 11.9 Å². The molecule has 0 fully saturated rings. The van der Waals surface area contributed by atoms with E-state index in [0.717, 1.165) is 0 Å². The Bertz CT molecular complexity index is 398. The van der Waals surface area contributed by atoms with Gasteiger partial charge in [0.2, 0.25) is 0 Å². The zero-order valence-corrected chi connectivity index (χ0v) is 10.1. The van der Waals surface area contributed by atoms with Crippen molar-refractivity contribution in [1.29, 1.82) is 5.26 Å². The third-order valence-corrected chi connectivity index (χ3v) is 2.36. The number of hydrogen-bond acceptors (Lipinski definition) is 2. The summed E-state index contributed by atoms with van der Waals surface area (Å²) in [5.41, 5.74) is 0.302. The minimum atomic E-state index is -0.652. The molecule has 0 aliphatic heterocycles. The smallest absolute Gasteiger partial charge is 0.129 e. The van der Waals surface area contributed by atoms with Crippen LogP contribution in [0.1, 0.15) is 25.5 Å². The predicted molar refractivity (Wildman–Crippen MR) is 62.6 cm³/mol. The van der Waals surface area contributed by atoms with Crippen LogP contribution in [0.2, 0.25) is 5.02 Å². The van der Waals surface area contributed by atoms with Gasteiger partial charge >= 0.3 is 0 Å². The van der Waals surface area contributed by atoms with Crippen molar-refractivity contribution in [2.45, 2.75) is 19.9 Å². The van der Waals surface area contributed by atoms with Crippen LogP contribution in [-0.2, 0) is 0 Å². The number of halogens is 2. The van der Waals surface area contributed by atoms with E-state index in [1.807, 2.05) is 19.9 Å². The molecule has 0 aliphatic rings. The van der Waals surface area contributed by atoms with Crippen molar-refractivity contribution in [3.05, 3.63) is 34.6 Å². The largest absolute Gasteiger partial charge is 0.298 e. The molecule has 0 saturated heterocycles. The van der Waals surface area contributed by atoms with E-state index >= 15 is 0 Å². The van der Waals surface area contributed by atoms with Crippen LogP contribution in [0.3, 0.4) is 0 Å². The standard InChI is InChI=1S/C12H14ClFN2/c1-8(2)7-16-12(6-15)10-5-9(13)3-4-11(10)14/h3-5,8,12,16H,7H2,1-2H3. The van der Waals surface area contributed by atoms with Crippen molar-refractivity contribution in [3.63, 3.8) is 0 Å². The molecule has 1 aromatic rings. The molecule has 0 bridgehead atoms. The summed E-state index contributed by atoms with van der Waals surface area (Å²) in [6.45, 7) is 4.70. The molecule has 1 N–H and O–H groups in total. The summed E-state index contributed by atoms with van der Waals surface area (Å²) in [7, 11) is 0. The molecule has 1 atom stereocenters. The molecule has 0 aromatic heterocycles. The van der Waals surface area contributed by atoms with E-state index in [4.69, 9.17) is 16.9 Å². The summed E-state index contributed by atoms with van der Waals surface area (Å²) >= 11 is 5.78. The molecule has 2 nitrogen and oxygen atoms in total. The van der Waals surface area contributed by atoms with E-state index in [1.54, 1.807) is 0 Å². The van der Waals surface area contributed by atoms with Gasteiger partial charge in [-0.1, -0.05) is 25.4 Å². The summed E-state index contributed by atoms with van der Waals surface area (Å²) in [4.78, 5) is 0. The van der Waals surface area contributed by atoms with Crippen LogP contribution in [0.4, 0.5) is 4.39 Å². The van der Waals surface area contributed by atoms with Gasteiger partial charge in [0.25, 0.3) is 0 Å². The Labute approximate surface area is 100 Å². The Morgan fingerprint density at radius 2 is 2.19 bits per heavy atom. The van der Waals surface area contributed by atoms with Crippen LogP contribution in [0, 0.1) is 23.1 Å². The summed E-state index contributed by atoms with van der Waals surface area (Å²) in [5, 5.41) is 12.4. The minimum Gasteiger partial charge on any atom is -0.298 e. The van der Waals surface area contributed by atoms with Crippen LogP contribution >= 0.6 is 11.6 Å². The van der Waals surface area contributed by atoms with Crippen molar-refractivity contribution in [3.8, 4) is 6.07 Å². The highest BCUT2D eigenvalue weighted by atomic mass is 35.5. The first kappa shape index (κ1) is 13.0. The molecule has 0 amide bonds. The lowest BCUT2D eigenvalue weighted by molar-refractivity contribution is 0.507. The van der Waals surface area contributed by atoms with Crippen molar-refractivity contribution in [2.24, 2.45) is 5.92 Å². The molecule has 86 valence electrons. The fourth-order valence-corrected chi connectivity index (χ4v) is 1.50. The fraction of sp³-hybridized carbons (Fsp3) is 0.417. The normalized spacial score (nSPS) is 12.5. The Morgan fingerprint density at radius 1 is 1.50 bits per heavy atom. The number of nitrogens with zero attached hydrogens (tertiary/aromatic N) is 1. The Kier molecular flexibility index (Phi) is 4.72. The van der Waals surface area contributed by atoms with E-state index in [2.05, 4.69) is 5.32 Å². The Balaban J connectivity index is 2.87. The first-order valence-corrected chi connectivity index (χ1v) is 5.50. The molecule has 0 radical (unpaired) electrons. The Hall–Kier alpha value is -1.11. The molecule has 1 rings (SSSR count). The topological polar surface area (TPSA) is 35.8 Å². The minimum absolute atomic E-state index is 0.302. The van der Waals surface area contributed by atoms with Crippen LogP contribution in [-0.4, -0.2) is 6.54 Å². The maximum Gasteiger partial charge on any atom is 0.129 e. The lowest BCUT2D eigenvalue weighted by Crippen LogP contribution is -2.25. The van der Waals surface area contributed by atoms with Gasteiger partial charge in [-0.15, -0.1) is 0 Å². The van der Waals surface area contributed by atoms with Gasteiger partial charge in [0.05, 0.1) is 6.07 Å². The van der Waals surface area contributed by atoms with E-state index in [-0.39, 0.29) is 0 Å². The van der Waals surface area contributed by atoms with E-state index in [9.17, 15) is 4.39 Å². The summed E-state index contributed by atoms with van der Waals surface area (Å²) < 4.78 is 13.5. The first-order valence-electron chi connectivity index (χ1n) is 5.12. The van der Waals surface area contributed by atoms with Crippen molar-refractivity contribution >= 4 is 11.6 Å². The zero-order valence-electron chi connectivity index (χ0n) is 9.30. The number of nitrogens with one attached hydrogen (secondary N) is 1. The third kappa shape index (κ3) is 3.48. The molecule has 0 spiro atoms. The maximum absolute atomic E-state index is 13.5. The van der Waals surface area contributed by atoms with Crippen LogP contribution in [0.15, 0.2) is 18.2 Å². The van der Waals surface area contributed by atoms with Gasteiger partial charge in [-0.25, -0.2) is 4.39 Å². The molecular weight excluding hydrogens is 227 g/mol.